The van der Waals surface area contributed by atoms with E-state index in [1.165, 1.54) is 16.0 Å². The number of nitrogens with zero attached hydrogens (tertiary/aromatic N) is 6. The summed E-state index contributed by atoms with van der Waals surface area (Å²) in [6, 6.07) is 6.99. The second-order valence-corrected chi connectivity index (χ2v) is 10.6. The lowest BCUT2D eigenvalue weighted by molar-refractivity contribution is -0.137. The molecule has 0 aliphatic carbocycles. The number of carbonyl (C=O) groups is 1. The molecule has 2 aliphatic rings. The first-order chi connectivity index (χ1) is 20.5. The van der Waals surface area contributed by atoms with Crippen molar-refractivity contribution in [1.82, 2.24) is 20.1 Å². The number of aliphatic hydroxyl groups is 1. The van der Waals surface area contributed by atoms with Crippen molar-refractivity contribution in [2.45, 2.75) is 32.0 Å². The summed E-state index contributed by atoms with van der Waals surface area (Å²) in [5.74, 6) is -0.668. The highest BCUT2D eigenvalue weighted by molar-refractivity contribution is 6.42. The predicted octanol–water partition coefficient (Wildman–Crippen LogP) is 4.47. The first-order valence-electron chi connectivity index (χ1n) is 13.6. The van der Waals surface area contributed by atoms with Gasteiger partial charge in [0.1, 0.15) is 24.7 Å². The number of benzene rings is 2. The molecule has 0 aromatic heterocycles. The van der Waals surface area contributed by atoms with Gasteiger partial charge < -0.3 is 14.7 Å². The zero-order chi connectivity index (χ0) is 31.1. The fourth-order valence-electron chi connectivity index (χ4n) is 4.94. The minimum Gasteiger partial charge on any atom is -0.490 e. The molecule has 1 atom stereocenters. The van der Waals surface area contributed by atoms with Crippen LogP contribution in [0.4, 0.5) is 18.9 Å². The lowest BCUT2D eigenvalue weighted by Crippen LogP contribution is -2.49. The molecule has 10 nitrogen and oxygen atoms in total. The van der Waals surface area contributed by atoms with E-state index in [0.29, 0.717) is 22.8 Å². The van der Waals surface area contributed by atoms with Crippen molar-refractivity contribution in [2.24, 2.45) is 10.1 Å². The zero-order valence-corrected chi connectivity index (χ0v) is 24.8. The molecule has 2 N–H and O–H groups in total. The number of likely N-dealkylation sites (tertiary alicyclic amines) is 1. The molecule has 2 heterocycles. The van der Waals surface area contributed by atoms with Crippen molar-refractivity contribution in [1.29, 1.82) is 5.26 Å². The van der Waals surface area contributed by atoms with Gasteiger partial charge in [-0.1, -0.05) is 29.3 Å². The Bertz CT molecular complexity index is 1430. The van der Waals surface area contributed by atoms with Crippen molar-refractivity contribution in [3.63, 3.8) is 0 Å². The number of carbonyl (C=O) groups excluding carboxylic acids is 1. The molecule has 0 bridgehead atoms. The number of hydrazone groups is 1. The van der Waals surface area contributed by atoms with E-state index in [0.717, 1.165) is 38.1 Å². The van der Waals surface area contributed by atoms with E-state index in [-0.39, 0.29) is 42.1 Å². The van der Waals surface area contributed by atoms with Crippen LogP contribution in [-0.4, -0.2) is 89.5 Å². The van der Waals surface area contributed by atoms with Gasteiger partial charge in [0.05, 0.1) is 33.9 Å². The number of amides is 1. The van der Waals surface area contributed by atoms with Crippen LogP contribution in [0.3, 0.4) is 0 Å². The Labute approximate surface area is 256 Å². The van der Waals surface area contributed by atoms with E-state index in [4.69, 9.17) is 27.9 Å². The highest BCUT2D eigenvalue weighted by Gasteiger charge is 2.37. The first kappa shape index (κ1) is 32.3. The van der Waals surface area contributed by atoms with Gasteiger partial charge in [-0.05, 0) is 63.2 Å². The summed E-state index contributed by atoms with van der Waals surface area (Å²) in [5.41, 5.74) is -0.254. The van der Waals surface area contributed by atoms with Crippen molar-refractivity contribution in [3.8, 4) is 11.9 Å². The fraction of sp³-hybridized carbons (Fsp3) is 0.429. The van der Waals surface area contributed by atoms with Crippen LogP contribution in [0.1, 0.15) is 30.9 Å². The van der Waals surface area contributed by atoms with Crippen LogP contribution in [0.2, 0.25) is 10.0 Å². The Morgan fingerprint density at radius 1 is 1.23 bits per heavy atom. The number of guanidine groups is 1. The van der Waals surface area contributed by atoms with Gasteiger partial charge in [-0.3, -0.25) is 15.0 Å². The third-order valence-corrected chi connectivity index (χ3v) is 7.81. The van der Waals surface area contributed by atoms with Crippen LogP contribution < -0.4 is 10.1 Å². The lowest BCUT2D eigenvalue weighted by atomic mass is 10.0. The SMILES string of the molecule is CCN(C(=O)CO)[C@@H]1CN(C(=Nc2cc(C(F)(F)F)ccc2OCCN2CCCC2)NC#N)N=C1c1ccc(Cl)c(Cl)c1. The second kappa shape index (κ2) is 14.3. The second-order valence-electron chi connectivity index (χ2n) is 9.80. The molecule has 0 radical (unpaired) electrons. The Morgan fingerprint density at radius 3 is 2.60 bits per heavy atom. The van der Waals surface area contributed by atoms with Gasteiger partial charge in [-0.15, -0.1) is 0 Å². The molecule has 2 aromatic carbocycles. The van der Waals surface area contributed by atoms with Crippen molar-refractivity contribution in [2.75, 3.05) is 45.9 Å². The van der Waals surface area contributed by atoms with E-state index >= 15 is 0 Å². The van der Waals surface area contributed by atoms with Crippen LogP contribution in [0.25, 0.3) is 0 Å². The van der Waals surface area contributed by atoms with Crippen LogP contribution in [-0.2, 0) is 11.0 Å². The number of likely N-dealkylation sites (N-methyl/N-ethyl adjacent to an activating group) is 1. The summed E-state index contributed by atoms with van der Waals surface area (Å²) in [6.07, 6.45) is -0.729. The normalized spacial score (nSPS) is 17.5. The monoisotopic (exact) mass is 639 g/mol. The number of halogens is 5. The summed E-state index contributed by atoms with van der Waals surface area (Å²) in [6.45, 7) is 3.84. The predicted molar refractivity (Wildman–Crippen MR) is 156 cm³/mol. The molecule has 2 aromatic rings. The van der Waals surface area contributed by atoms with E-state index in [1.807, 2.05) is 0 Å². The van der Waals surface area contributed by atoms with E-state index < -0.39 is 30.3 Å². The van der Waals surface area contributed by atoms with E-state index in [9.17, 15) is 28.3 Å². The van der Waals surface area contributed by atoms with Gasteiger partial charge >= 0.3 is 6.18 Å². The highest BCUT2D eigenvalue weighted by Crippen LogP contribution is 2.37. The number of nitriles is 1. The number of nitrogens with one attached hydrogen (secondary N) is 1. The summed E-state index contributed by atoms with van der Waals surface area (Å²) in [5, 5.41) is 27.9. The summed E-state index contributed by atoms with van der Waals surface area (Å²) < 4.78 is 46.8. The summed E-state index contributed by atoms with van der Waals surface area (Å²) in [4.78, 5) is 20.6. The highest BCUT2D eigenvalue weighted by atomic mass is 35.5. The molecule has 15 heteroatoms. The molecule has 1 saturated heterocycles. The fourth-order valence-corrected chi connectivity index (χ4v) is 5.24. The number of rotatable bonds is 9. The minimum atomic E-state index is -4.65. The number of hydrogen-bond acceptors (Lipinski definition) is 7. The van der Waals surface area contributed by atoms with Crippen molar-refractivity contribution in [3.05, 3.63) is 57.6 Å². The van der Waals surface area contributed by atoms with Crippen molar-refractivity contribution < 1.29 is 27.8 Å². The van der Waals surface area contributed by atoms with E-state index in [1.54, 1.807) is 31.3 Å². The Morgan fingerprint density at radius 2 is 1.98 bits per heavy atom. The molecule has 1 amide bonds. The molecular formula is C28H30Cl2F3N7O3. The molecule has 4 rings (SSSR count). The third kappa shape index (κ3) is 7.88. The number of alkyl halides is 3. The van der Waals surface area contributed by atoms with Gasteiger partial charge in [-0.25, -0.2) is 10.0 Å². The molecule has 2 aliphatic heterocycles. The zero-order valence-electron chi connectivity index (χ0n) is 23.2. The summed E-state index contributed by atoms with van der Waals surface area (Å²) >= 11 is 12.3. The number of ether oxygens (including phenoxy) is 1. The van der Waals surface area contributed by atoms with Gasteiger partial charge in [0.25, 0.3) is 0 Å². The topological polar surface area (TPSA) is 117 Å². The maximum atomic E-state index is 13.7. The van der Waals surface area contributed by atoms with Crippen LogP contribution in [0.5, 0.6) is 5.75 Å². The van der Waals surface area contributed by atoms with Crippen molar-refractivity contribution >= 4 is 46.5 Å². The van der Waals surface area contributed by atoms with Gasteiger partial charge in [0, 0.05) is 18.7 Å². The first-order valence-corrected chi connectivity index (χ1v) is 14.3. The maximum absolute atomic E-state index is 13.7. The number of aliphatic imine (C=N–C) groups is 1. The smallest absolute Gasteiger partial charge is 0.416 e. The largest absolute Gasteiger partial charge is 0.490 e. The molecular weight excluding hydrogens is 610 g/mol. The molecule has 0 spiro atoms. The van der Waals surface area contributed by atoms with Gasteiger partial charge in [-0.2, -0.15) is 23.5 Å². The molecule has 1 fully saturated rings. The molecule has 230 valence electrons. The average molecular weight is 640 g/mol. The number of aliphatic hydroxyl groups excluding tert-OH is 1. The van der Waals surface area contributed by atoms with Crippen LogP contribution in [0.15, 0.2) is 46.5 Å². The summed E-state index contributed by atoms with van der Waals surface area (Å²) in [7, 11) is 0. The number of hydrogen-bond donors (Lipinski definition) is 2. The quantitative estimate of drug-likeness (QED) is 0.180. The van der Waals surface area contributed by atoms with Gasteiger partial charge in [0.15, 0.2) is 6.19 Å². The Hall–Kier alpha value is -3.57. The minimum absolute atomic E-state index is 0.0349. The van der Waals surface area contributed by atoms with Crippen LogP contribution in [0, 0.1) is 11.5 Å². The van der Waals surface area contributed by atoms with Gasteiger partial charge in [0.2, 0.25) is 11.9 Å². The Balaban J connectivity index is 1.74. The Kier molecular flexibility index (Phi) is 10.7. The third-order valence-electron chi connectivity index (χ3n) is 7.07. The maximum Gasteiger partial charge on any atom is 0.416 e. The lowest BCUT2D eigenvalue weighted by Gasteiger charge is -2.28. The molecule has 0 unspecified atom stereocenters. The van der Waals surface area contributed by atoms with Crippen LogP contribution >= 0.6 is 23.2 Å². The molecule has 43 heavy (non-hydrogen) atoms. The average Bonchev–Trinajstić information content (AvgIpc) is 3.65. The van der Waals surface area contributed by atoms with E-state index in [2.05, 4.69) is 20.3 Å². The molecule has 0 saturated carbocycles. The standard InChI is InChI=1S/C28H30Cl2F3N7O3/c1-2-39(25(42)16-41)23-15-40(37-26(23)18-5-7-20(29)21(30)13-18)27(35-17-34)36-22-14-19(28(31,32)33)6-8-24(22)43-12-11-38-9-3-4-10-38/h5-8,13-14,23,41H,2-4,9-12,15-16H2,1H3,(H,35,36)/t23-/m1/s1.